The molecule has 0 heterocycles. The quantitative estimate of drug-likeness (QED) is 0.578. The molecule has 0 atom stereocenters. The highest BCUT2D eigenvalue weighted by Crippen LogP contribution is 2.19. The van der Waals surface area contributed by atoms with E-state index in [1.807, 2.05) is 0 Å². The molecule has 0 aliphatic carbocycles. The van der Waals surface area contributed by atoms with Crippen LogP contribution >= 0.6 is 0 Å². The number of hydrogen-bond acceptors (Lipinski definition) is 1. The molecule has 0 bridgehead atoms. The lowest BCUT2D eigenvalue weighted by Crippen LogP contribution is -2.49. The Kier molecular flexibility index (Phi) is 5.02. The molecule has 0 saturated carbocycles. The Morgan fingerprint density at radius 3 is 1.36 bits per heavy atom. The molecule has 0 fully saturated rings. The molecular weight excluding hydrogens is 150 g/mol. The van der Waals surface area contributed by atoms with Crippen LogP contribution in [0.5, 0.6) is 0 Å². The molecule has 2 heteroatoms. The Bertz CT molecular complexity index is 95.7. The number of hydrogen-bond donors (Lipinski definition) is 0. The SMILES string of the molecule is CCN(CC)[Si](C)(CC)CC. The summed E-state index contributed by atoms with van der Waals surface area (Å²) in [6.45, 7) is 14.2. The molecule has 0 unspecified atom stereocenters. The first-order chi connectivity index (χ1) is 5.14. The van der Waals surface area contributed by atoms with Gasteiger partial charge in [0.2, 0.25) is 0 Å². The fourth-order valence-corrected chi connectivity index (χ4v) is 4.61. The molecule has 1 nitrogen and oxygen atoms in total. The number of nitrogens with zero attached hydrogens (tertiary/aromatic N) is 1. The molecule has 0 spiro atoms. The first-order valence-corrected chi connectivity index (χ1v) is 7.75. The Balaban J connectivity index is 4.19. The van der Waals surface area contributed by atoms with Gasteiger partial charge in [-0.2, -0.15) is 0 Å². The van der Waals surface area contributed by atoms with Crippen LogP contribution in [0, 0.1) is 0 Å². The average molecular weight is 173 g/mol. The largest absolute Gasteiger partial charge is 0.324 e. The lowest BCUT2D eigenvalue weighted by atomic mass is 10.7. The second-order valence-corrected chi connectivity index (χ2v) is 8.42. The van der Waals surface area contributed by atoms with E-state index in [0.29, 0.717) is 0 Å². The Morgan fingerprint density at radius 2 is 1.27 bits per heavy atom. The van der Waals surface area contributed by atoms with Gasteiger partial charge in [0.1, 0.15) is 8.24 Å². The van der Waals surface area contributed by atoms with E-state index in [1.54, 1.807) is 0 Å². The summed E-state index contributed by atoms with van der Waals surface area (Å²) in [6.07, 6.45) is 0. The maximum atomic E-state index is 2.69. The molecule has 0 amide bonds. The van der Waals surface area contributed by atoms with Gasteiger partial charge in [-0.1, -0.05) is 34.2 Å². The molecule has 0 aliphatic heterocycles. The van der Waals surface area contributed by atoms with Crippen molar-refractivity contribution in [2.24, 2.45) is 0 Å². The van der Waals surface area contributed by atoms with E-state index in [0.717, 1.165) is 0 Å². The Hall–Kier alpha value is 0.177. The lowest BCUT2D eigenvalue weighted by Gasteiger charge is -2.37. The minimum Gasteiger partial charge on any atom is -0.324 e. The molecule has 11 heavy (non-hydrogen) atoms. The van der Waals surface area contributed by atoms with Crippen LogP contribution in [0.4, 0.5) is 0 Å². The van der Waals surface area contributed by atoms with Crippen LogP contribution in [0.15, 0.2) is 0 Å². The predicted molar refractivity (Wildman–Crippen MR) is 55.5 cm³/mol. The zero-order valence-corrected chi connectivity index (χ0v) is 9.78. The summed E-state index contributed by atoms with van der Waals surface area (Å²) in [4.78, 5) is 0. The van der Waals surface area contributed by atoms with Crippen LogP contribution < -0.4 is 0 Å². The summed E-state index contributed by atoms with van der Waals surface area (Å²) >= 11 is 0. The van der Waals surface area contributed by atoms with Crippen molar-refractivity contribution < 1.29 is 0 Å². The normalized spacial score (nSPS) is 12.5. The summed E-state index contributed by atoms with van der Waals surface area (Å²) in [6, 6.07) is 2.79. The molecule has 0 radical (unpaired) electrons. The fourth-order valence-electron chi connectivity index (χ4n) is 1.68. The minimum absolute atomic E-state index is 0.993. The summed E-state index contributed by atoms with van der Waals surface area (Å²) in [7, 11) is -0.993. The molecule has 0 N–H and O–H groups in total. The first kappa shape index (κ1) is 11.2. The van der Waals surface area contributed by atoms with E-state index in [4.69, 9.17) is 0 Å². The Morgan fingerprint density at radius 1 is 0.909 bits per heavy atom. The highest BCUT2D eigenvalue weighted by molar-refractivity contribution is 6.75. The minimum atomic E-state index is -0.993. The summed E-state index contributed by atoms with van der Waals surface area (Å²) < 4.78 is 2.69. The maximum absolute atomic E-state index is 2.69. The van der Waals surface area contributed by atoms with Gasteiger partial charge in [0.25, 0.3) is 0 Å². The van der Waals surface area contributed by atoms with Crippen molar-refractivity contribution in [3.8, 4) is 0 Å². The topological polar surface area (TPSA) is 3.24 Å². The van der Waals surface area contributed by atoms with Gasteiger partial charge in [0, 0.05) is 0 Å². The first-order valence-electron chi connectivity index (χ1n) is 4.89. The monoisotopic (exact) mass is 173 g/mol. The fraction of sp³-hybridized carbons (Fsp3) is 1.00. The van der Waals surface area contributed by atoms with E-state index in [9.17, 15) is 0 Å². The molecule has 0 saturated heterocycles. The van der Waals surface area contributed by atoms with E-state index in [-0.39, 0.29) is 0 Å². The Labute approximate surface area is 72.9 Å². The van der Waals surface area contributed by atoms with Gasteiger partial charge in [-0.05, 0) is 25.2 Å². The van der Waals surface area contributed by atoms with Gasteiger partial charge in [-0.25, -0.2) is 0 Å². The third-order valence-corrected chi connectivity index (χ3v) is 8.26. The standard InChI is InChI=1S/C9H23NSi/c1-6-10(7-2)11(5,8-3)9-4/h6-9H2,1-5H3. The van der Waals surface area contributed by atoms with E-state index in [2.05, 4.69) is 38.8 Å². The second-order valence-electron chi connectivity index (χ2n) is 3.38. The van der Waals surface area contributed by atoms with Crippen molar-refractivity contribution in [2.45, 2.75) is 46.3 Å². The van der Waals surface area contributed by atoms with Gasteiger partial charge in [-0.15, -0.1) is 0 Å². The third kappa shape index (κ3) is 2.60. The van der Waals surface area contributed by atoms with Crippen molar-refractivity contribution in [1.29, 1.82) is 0 Å². The van der Waals surface area contributed by atoms with Gasteiger partial charge >= 0.3 is 0 Å². The molecule has 0 aromatic heterocycles. The molecule has 0 aliphatic rings. The van der Waals surface area contributed by atoms with E-state index < -0.39 is 8.24 Å². The van der Waals surface area contributed by atoms with Crippen molar-refractivity contribution >= 4 is 8.24 Å². The van der Waals surface area contributed by atoms with Gasteiger partial charge in [0.05, 0.1) is 0 Å². The maximum Gasteiger partial charge on any atom is 0.124 e. The van der Waals surface area contributed by atoms with Crippen molar-refractivity contribution in [1.82, 2.24) is 4.57 Å². The third-order valence-electron chi connectivity index (χ3n) is 3.05. The van der Waals surface area contributed by atoms with E-state index >= 15 is 0 Å². The van der Waals surface area contributed by atoms with Crippen molar-refractivity contribution in [2.75, 3.05) is 13.1 Å². The van der Waals surface area contributed by atoms with Crippen molar-refractivity contribution in [3.63, 3.8) is 0 Å². The summed E-state index contributed by atoms with van der Waals surface area (Å²) in [5.41, 5.74) is 0. The van der Waals surface area contributed by atoms with Crippen LogP contribution in [0.2, 0.25) is 18.6 Å². The molecule has 68 valence electrons. The summed E-state index contributed by atoms with van der Waals surface area (Å²) in [5, 5.41) is 0. The van der Waals surface area contributed by atoms with Crippen LogP contribution in [-0.2, 0) is 0 Å². The highest BCUT2D eigenvalue weighted by atomic mass is 28.3. The van der Waals surface area contributed by atoms with Crippen LogP contribution in [0.1, 0.15) is 27.7 Å². The second kappa shape index (κ2) is 4.94. The van der Waals surface area contributed by atoms with Gasteiger partial charge in [-0.3, -0.25) is 0 Å². The van der Waals surface area contributed by atoms with Crippen molar-refractivity contribution in [3.05, 3.63) is 0 Å². The molecule has 0 aromatic rings. The van der Waals surface area contributed by atoms with E-state index in [1.165, 1.54) is 25.2 Å². The summed E-state index contributed by atoms with van der Waals surface area (Å²) in [5.74, 6) is 0. The predicted octanol–water partition coefficient (Wildman–Crippen LogP) is 2.94. The van der Waals surface area contributed by atoms with Crippen LogP contribution in [0.25, 0.3) is 0 Å². The lowest BCUT2D eigenvalue weighted by molar-refractivity contribution is 0.461. The van der Waals surface area contributed by atoms with Gasteiger partial charge in [0.15, 0.2) is 0 Å². The van der Waals surface area contributed by atoms with Crippen LogP contribution in [-0.4, -0.2) is 25.9 Å². The zero-order valence-electron chi connectivity index (χ0n) is 8.78. The highest BCUT2D eigenvalue weighted by Gasteiger charge is 2.28. The van der Waals surface area contributed by atoms with Crippen LogP contribution in [0.3, 0.4) is 0 Å². The molecular formula is C9H23NSi. The zero-order chi connectivity index (χ0) is 8.91. The smallest absolute Gasteiger partial charge is 0.124 e. The van der Waals surface area contributed by atoms with Gasteiger partial charge < -0.3 is 4.57 Å². The average Bonchev–Trinajstić information content (AvgIpc) is 2.06. The number of rotatable bonds is 5. The molecule has 0 aromatic carbocycles. The molecule has 0 rings (SSSR count).